The normalized spacial score (nSPS) is 12.2. The number of benzene rings is 1. The zero-order chi connectivity index (χ0) is 9.68. The molecule has 0 fully saturated rings. The van der Waals surface area contributed by atoms with Gasteiger partial charge in [-0.1, -0.05) is 12.1 Å². The van der Waals surface area contributed by atoms with E-state index in [0.717, 1.165) is 11.5 Å². The van der Waals surface area contributed by atoms with Gasteiger partial charge in [0, 0.05) is 0 Å². The number of alkyl halides is 1. The van der Waals surface area contributed by atoms with Crippen LogP contribution in [0.15, 0.2) is 24.3 Å². The van der Waals surface area contributed by atoms with Gasteiger partial charge >= 0.3 is 0 Å². The molecule has 0 aromatic heterocycles. The van der Waals surface area contributed by atoms with Gasteiger partial charge in [-0.25, -0.2) is 0 Å². The zero-order valence-corrected chi connectivity index (χ0v) is 9.95. The molecule has 0 amide bonds. The van der Waals surface area contributed by atoms with Crippen molar-refractivity contribution in [2.45, 2.75) is 18.0 Å². The van der Waals surface area contributed by atoms with Crippen LogP contribution in [0.5, 0.6) is 11.5 Å². The molecule has 1 atom stereocenters. The Hall–Kier alpha value is -0.450. The number of hydrogen-bond donors (Lipinski definition) is 0. The highest BCUT2D eigenvalue weighted by Crippen LogP contribution is 2.28. The Balaban J connectivity index is 2.78. The molecule has 3 heteroatoms. The van der Waals surface area contributed by atoms with Crippen LogP contribution in [0.1, 0.15) is 13.8 Å². The molecule has 0 aliphatic heterocycles. The minimum atomic E-state index is 0.152. The van der Waals surface area contributed by atoms with E-state index in [9.17, 15) is 0 Å². The first-order valence-electron chi connectivity index (χ1n) is 4.26. The molecule has 0 spiro atoms. The highest BCUT2D eigenvalue weighted by atomic mass is 127. The van der Waals surface area contributed by atoms with E-state index in [0.29, 0.717) is 6.61 Å². The van der Waals surface area contributed by atoms with E-state index >= 15 is 0 Å². The van der Waals surface area contributed by atoms with Crippen molar-refractivity contribution in [2.75, 3.05) is 6.61 Å². The molecule has 0 saturated heterocycles. The summed E-state index contributed by atoms with van der Waals surface area (Å²) in [5, 5.41) is 0. The summed E-state index contributed by atoms with van der Waals surface area (Å²) in [4.78, 5) is 0. The first-order valence-corrected chi connectivity index (χ1v) is 5.51. The second-order valence-corrected chi connectivity index (χ2v) is 4.29. The molecule has 72 valence electrons. The molecular formula is C10H13IO2. The van der Waals surface area contributed by atoms with Crippen LogP contribution in [0, 0.1) is 0 Å². The molecule has 1 unspecified atom stereocenters. The maximum atomic E-state index is 5.56. The van der Waals surface area contributed by atoms with E-state index in [1.165, 1.54) is 0 Å². The van der Waals surface area contributed by atoms with Crippen molar-refractivity contribution in [1.82, 2.24) is 0 Å². The van der Waals surface area contributed by atoms with Crippen LogP contribution in [-0.2, 0) is 0 Å². The first-order chi connectivity index (χ1) is 6.24. The van der Waals surface area contributed by atoms with Crippen molar-refractivity contribution in [3.63, 3.8) is 0 Å². The van der Waals surface area contributed by atoms with Crippen LogP contribution in [0.3, 0.4) is 0 Å². The lowest BCUT2D eigenvalue weighted by atomic mass is 10.3. The molecule has 1 rings (SSSR count). The van der Waals surface area contributed by atoms with Crippen LogP contribution in [0.2, 0.25) is 0 Å². The number of hydrogen-bond acceptors (Lipinski definition) is 2. The average Bonchev–Trinajstić information content (AvgIpc) is 2.08. The fraction of sp³-hybridized carbons (Fsp3) is 0.400. The third-order valence-corrected chi connectivity index (χ3v) is 1.69. The van der Waals surface area contributed by atoms with Crippen LogP contribution in [0.4, 0.5) is 0 Å². The van der Waals surface area contributed by atoms with Gasteiger partial charge in [-0.2, -0.15) is 0 Å². The number of halogens is 1. The van der Waals surface area contributed by atoms with Gasteiger partial charge in [0.15, 0.2) is 11.5 Å². The Morgan fingerprint density at radius 3 is 2.46 bits per heavy atom. The SMILES string of the molecule is CCOc1ccccc1OC(C)I. The standard InChI is InChI=1S/C10H13IO2/c1-3-12-9-6-4-5-7-10(9)13-8(2)11/h4-8H,3H2,1-2H3. The van der Waals surface area contributed by atoms with Crippen molar-refractivity contribution >= 4 is 22.6 Å². The summed E-state index contributed by atoms with van der Waals surface area (Å²) in [5.41, 5.74) is 0. The smallest absolute Gasteiger partial charge is 0.162 e. The fourth-order valence-electron chi connectivity index (χ4n) is 0.997. The molecule has 13 heavy (non-hydrogen) atoms. The average molecular weight is 292 g/mol. The van der Waals surface area contributed by atoms with Gasteiger partial charge in [0.05, 0.1) is 6.61 Å². The summed E-state index contributed by atoms with van der Waals surface area (Å²) in [7, 11) is 0. The summed E-state index contributed by atoms with van der Waals surface area (Å²) >= 11 is 2.21. The minimum Gasteiger partial charge on any atom is -0.490 e. The minimum absolute atomic E-state index is 0.152. The van der Waals surface area contributed by atoms with Crippen molar-refractivity contribution in [3.05, 3.63) is 24.3 Å². The van der Waals surface area contributed by atoms with Crippen LogP contribution >= 0.6 is 22.6 Å². The monoisotopic (exact) mass is 292 g/mol. The van der Waals surface area contributed by atoms with Crippen molar-refractivity contribution < 1.29 is 9.47 Å². The lowest BCUT2D eigenvalue weighted by Crippen LogP contribution is -2.03. The molecule has 0 N–H and O–H groups in total. The van der Waals surface area contributed by atoms with Crippen LogP contribution in [-0.4, -0.2) is 10.7 Å². The van der Waals surface area contributed by atoms with Crippen LogP contribution < -0.4 is 9.47 Å². The van der Waals surface area contributed by atoms with Gasteiger partial charge < -0.3 is 9.47 Å². The molecule has 0 aliphatic rings. The van der Waals surface area contributed by atoms with Gasteiger partial charge in [0.2, 0.25) is 0 Å². The maximum absolute atomic E-state index is 5.56. The Morgan fingerprint density at radius 2 is 1.92 bits per heavy atom. The molecule has 1 aromatic rings. The Labute approximate surface area is 92.4 Å². The van der Waals surface area contributed by atoms with Crippen LogP contribution in [0.25, 0.3) is 0 Å². The summed E-state index contributed by atoms with van der Waals surface area (Å²) in [5.74, 6) is 1.62. The molecule has 0 saturated carbocycles. The summed E-state index contributed by atoms with van der Waals surface area (Å²) < 4.78 is 11.1. The van der Waals surface area contributed by atoms with Gasteiger partial charge in [-0.15, -0.1) is 0 Å². The van der Waals surface area contributed by atoms with E-state index in [1.807, 2.05) is 38.1 Å². The first kappa shape index (κ1) is 10.6. The van der Waals surface area contributed by atoms with E-state index in [4.69, 9.17) is 9.47 Å². The second-order valence-electron chi connectivity index (χ2n) is 2.54. The molecule has 0 heterocycles. The van der Waals surface area contributed by atoms with Gasteiger partial charge in [0.25, 0.3) is 0 Å². The summed E-state index contributed by atoms with van der Waals surface area (Å²) in [6, 6.07) is 7.71. The predicted molar refractivity (Wildman–Crippen MR) is 61.7 cm³/mol. The van der Waals surface area contributed by atoms with Gasteiger partial charge in [-0.05, 0) is 48.6 Å². The quantitative estimate of drug-likeness (QED) is 0.626. The maximum Gasteiger partial charge on any atom is 0.162 e. The number of rotatable bonds is 4. The summed E-state index contributed by atoms with van der Waals surface area (Å²) in [6.07, 6.45) is 0. The third-order valence-electron chi connectivity index (χ3n) is 1.44. The third kappa shape index (κ3) is 3.42. The van der Waals surface area contributed by atoms with E-state index < -0.39 is 0 Å². The molecule has 0 radical (unpaired) electrons. The van der Waals surface area contributed by atoms with Crippen molar-refractivity contribution in [3.8, 4) is 11.5 Å². The Morgan fingerprint density at radius 1 is 1.31 bits per heavy atom. The van der Waals surface area contributed by atoms with E-state index in [2.05, 4.69) is 22.6 Å². The Bertz CT molecular complexity index is 261. The van der Waals surface area contributed by atoms with Crippen molar-refractivity contribution in [2.24, 2.45) is 0 Å². The lowest BCUT2D eigenvalue weighted by molar-refractivity contribution is 0.279. The fourth-order valence-corrected chi connectivity index (χ4v) is 1.27. The molecule has 2 nitrogen and oxygen atoms in total. The Kier molecular flexibility index (Phi) is 4.35. The molecule has 0 aliphatic carbocycles. The van der Waals surface area contributed by atoms with E-state index in [-0.39, 0.29) is 4.11 Å². The molecular weight excluding hydrogens is 279 g/mol. The van der Waals surface area contributed by atoms with E-state index in [1.54, 1.807) is 0 Å². The lowest BCUT2D eigenvalue weighted by Gasteiger charge is -2.12. The molecule has 1 aromatic carbocycles. The highest BCUT2D eigenvalue weighted by Gasteiger charge is 2.04. The van der Waals surface area contributed by atoms with Gasteiger partial charge in [-0.3, -0.25) is 0 Å². The number of ether oxygens (including phenoxy) is 2. The van der Waals surface area contributed by atoms with Crippen molar-refractivity contribution in [1.29, 1.82) is 0 Å². The topological polar surface area (TPSA) is 18.5 Å². The highest BCUT2D eigenvalue weighted by molar-refractivity contribution is 14.1. The summed E-state index contributed by atoms with van der Waals surface area (Å²) in [6.45, 7) is 4.61. The second kappa shape index (κ2) is 5.32. The zero-order valence-electron chi connectivity index (χ0n) is 7.79. The number of para-hydroxylation sites is 2. The predicted octanol–water partition coefficient (Wildman–Crippen LogP) is 3.25. The largest absolute Gasteiger partial charge is 0.490 e. The molecule has 0 bridgehead atoms. The van der Waals surface area contributed by atoms with Gasteiger partial charge in [0.1, 0.15) is 4.11 Å².